The van der Waals surface area contributed by atoms with E-state index in [2.05, 4.69) is 118 Å². The highest BCUT2D eigenvalue weighted by molar-refractivity contribution is 6.09. The second-order valence-electron chi connectivity index (χ2n) is 13.2. The van der Waals surface area contributed by atoms with Crippen LogP contribution in [0, 0.1) is 0 Å². The van der Waals surface area contributed by atoms with Crippen LogP contribution in [0.15, 0.2) is 95.9 Å². The number of likely N-dealkylation sites (N-methyl/N-ethyl adjacent to an activating group) is 1. The summed E-state index contributed by atoms with van der Waals surface area (Å²) >= 11 is 0. The van der Waals surface area contributed by atoms with Gasteiger partial charge in [0.2, 0.25) is 5.36 Å². The summed E-state index contributed by atoms with van der Waals surface area (Å²) in [7, 11) is 2.31. The Hall–Kier alpha value is -4.10. The first-order valence-electron chi connectivity index (χ1n) is 17.6. The lowest BCUT2D eigenvalue weighted by atomic mass is 9.90. The van der Waals surface area contributed by atoms with Crippen LogP contribution in [0.2, 0.25) is 0 Å². The lowest BCUT2D eigenvalue weighted by Crippen LogP contribution is -3.00. The number of hydrogen-bond acceptors (Lipinski definition) is 3. The number of rotatable bonds is 10. The quantitative estimate of drug-likeness (QED) is 0.126. The molecule has 1 saturated heterocycles. The standard InChI is InChI=1S/C42H50N4O2.2ClH/c1-7-31-16-18-32(19-17-31)30-46(6)26-24-45(25-27-46)42(47)36-15-13-12-14-35(36)41-37-22-20-33(43(8-2)9-3)28-39(37)48-40-29-34(21-23-38(40)41)44(10-4)11-5;;/h7,12-23,28-29H,1,8-11,24-27,30H2,2-6H3;2*1H/q+2;;/p-2. The van der Waals surface area contributed by atoms with E-state index in [9.17, 15) is 4.79 Å². The molecule has 0 N–H and O–H groups in total. The zero-order chi connectivity index (χ0) is 33.8. The molecule has 3 aliphatic rings. The van der Waals surface area contributed by atoms with Gasteiger partial charge in [-0.2, -0.15) is 0 Å². The lowest BCUT2D eigenvalue weighted by molar-refractivity contribution is -0.926. The second-order valence-corrected chi connectivity index (χ2v) is 13.2. The van der Waals surface area contributed by atoms with E-state index in [1.54, 1.807) is 0 Å². The first kappa shape index (κ1) is 38.7. The van der Waals surface area contributed by atoms with Crippen LogP contribution in [0.5, 0.6) is 0 Å². The van der Waals surface area contributed by atoms with Crippen LogP contribution >= 0.6 is 0 Å². The predicted molar refractivity (Wildman–Crippen MR) is 200 cm³/mol. The summed E-state index contributed by atoms with van der Waals surface area (Å²) in [5.74, 6) is 0.918. The number of hydrogen-bond donors (Lipinski definition) is 0. The van der Waals surface area contributed by atoms with Gasteiger partial charge in [0, 0.05) is 58.5 Å². The number of carbonyl (C=O) groups excluding carboxylic acids is 1. The van der Waals surface area contributed by atoms with E-state index < -0.39 is 0 Å². The van der Waals surface area contributed by atoms with E-state index in [0.29, 0.717) is 0 Å². The first-order chi connectivity index (χ1) is 23.3. The molecule has 2 aliphatic heterocycles. The first-order valence-corrected chi connectivity index (χ1v) is 17.6. The number of benzene rings is 4. The normalized spacial score (nSPS) is 13.7. The Morgan fingerprint density at radius 1 is 0.880 bits per heavy atom. The Kier molecular flexibility index (Phi) is 13.0. The summed E-state index contributed by atoms with van der Waals surface area (Å²) in [6.45, 7) is 20.5. The van der Waals surface area contributed by atoms with Gasteiger partial charge in [-0.25, -0.2) is 4.58 Å². The van der Waals surface area contributed by atoms with Gasteiger partial charge in [-0.15, -0.1) is 0 Å². The molecule has 0 aromatic heterocycles. The number of fused-ring (bicyclic) bond motifs is 2. The van der Waals surface area contributed by atoms with E-state index in [1.165, 1.54) is 5.56 Å². The summed E-state index contributed by atoms with van der Waals surface area (Å²) in [5, 5.41) is 2.15. The van der Waals surface area contributed by atoms with Crippen LogP contribution in [-0.4, -0.2) is 74.7 Å². The molecule has 0 unspecified atom stereocenters. The molecule has 0 bridgehead atoms. The molecule has 6 nitrogen and oxygen atoms in total. The molecular weight excluding hydrogens is 663 g/mol. The molecule has 3 aromatic carbocycles. The number of nitrogens with zero attached hydrogens (tertiary/aromatic N) is 4. The van der Waals surface area contributed by atoms with Gasteiger partial charge < -0.3 is 43.5 Å². The van der Waals surface area contributed by atoms with Gasteiger partial charge in [0.1, 0.15) is 31.0 Å². The molecule has 6 rings (SSSR count). The van der Waals surface area contributed by atoms with Crippen molar-refractivity contribution < 1.29 is 38.5 Å². The Morgan fingerprint density at radius 2 is 1.56 bits per heavy atom. The fraction of sp³-hybridized carbons (Fsp3) is 0.333. The number of carbonyl (C=O) groups is 1. The summed E-state index contributed by atoms with van der Waals surface area (Å²) in [5.41, 5.74) is 8.16. The average Bonchev–Trinajstić information content (AvgIpc) is 3.12. The molecule has 0 saturated carbocycles. The second kappa shape index (κ2) is 16.7. The SMILES string of the molecule is C=Cc1ccc(C[N+]2(C)CCN(C(=O)c3ccccc3-c3c4ccc(=[N+](CC)CC)cc-4oc4cc(N(CC)CC)ccc34)CC2)cc1.[Cl-].[Cl-]. The van der Waals surface area contributed by atoms with E-state index in [1.807, 2.05) is 29.2 Å². The van der Waals surface area contributed by atoms with Gasteiger partial charge >= 0.3 is 0 Å². The molecule has 0 spiro atoms. The maximum atomic E-state index is 14.4. The van der Waals surface area contributed by atoms with E-state index in [4.69, 9.17) is 4.42 Å². The molecule has 3 aromatic rings. The molecule has 264 valence electrons. The van der Waals surface area contributed by atoms with Crippen molar-refractivity contribution in [2.75, 3.05) is 64.3 Å². The van der Waals surface area contributed by atoms with Crippen molar-refractivity contribution in [2.45, 2.75) is 34.2 Å². The van der Waals surface area contributed by atoms with E-state index in [-0.39, 0.29) is 30.7 Å². The maximum Gasteiger partial charge on any atom is 0.254 e. The molecule has 1 aliphatic carbocycles. The summed E-state index contributed by atoms with van der Waals surface area (Å²) in [6.07, 6.45) is 1.88. The van der Waals surface area contributed by atoms with Crippen molar-refractivity contribution in [2.24, 2.45) is 0 Å². The van der Waals surface area contributed by atoms with Crippen LogP contribution < -0.4 is 39.6 Å². The third-order valence-electron chi connectivity index (χ3n) is 10.3. The van der Waals surface area contributed by atoms with Crippen LogP contribution in [0.3, 0.4) is 0 Å². The van der Waals surface area contributed by atoms with Crippen LogP contribution in [-0.2, 0) is 6.54 Å². The highest BCUT2D eigenvalue weighted by Gasteiger charge is 2.33. The van der Waals surface area contributed by atoms with Gasteiger partial charge in [0.15, 0.2) is 0 Å². The highest BCUT2D eigenvalue weighted by Crippen LogP contribution is 2.42. The maximum absolute atomic E-state index is 14.4. The number of quaternary nitrogens is 1. The van der Waals surface area contributed by atoms with Gasteiger partial charge in [0.05, 0.1) is 39.3 Å². The number of halogens is 2. The van der Waals surface area contributed by atoms with Gasteiger partial charge in [-0.3, -0.25) is 4.79 Å². The van der Waals surface area contributed by atoms with Gasteiger partial charge in [0.25, 0.3) is 5.91 Å². The van der Waals surface area contributed by atoms with Crippen molar-refractivity contribution in [1.29, 1.82) is 0 Å². The summed E-state index contributed by atoms with van der Waals surface area (Å²) in [6, 6.07) is 29.8. The topological polar surface area (TPSA) is 39.7 Å². The molecule has 1 amide bonds. The molecule has 50 heavy (non-hydrogen) atoms. The van der Waals surface area contributed by atoms with Crippen molar-refractivity contribution >= 4 is 28.6 Å². The minimum absolute atomic E-state index is 0. The van der Waals surface area contributed by atoms with Crippen molar-refractivity contribution in [3.8, 4) is 22.5 Å². The van der Waals surface area contributed by atoms with Crippen LogP contribution in [0.1, 0.15) is 49.2 Å². The molecule has 0 radical (unpaired) electrons. The fourth-order valence-corrected chi connectivity index (χ4v) is 7.30. The number of piperazine rings is 1. The monoisotopic (exact) mass is 712 g/mol. The van der Waals surface area contributed by atoms with Crippen molar-refractivity contribution in [1.82, 2.24) is 9.48 Å². The summed E-state index contributed by atoms with van der Waals surface area (Å²) in [4.78, 5) is 18.8. The lowest BCUT2D eigenvalue weighted by Gasteiger charge is -2.42. The number of anilines is 1. The Morgan fingerprint density at radius 3 is 2.20 bits per heavy atom. The zero-order valence-corrected chi connectivity index (χ0v) is 31.6. The molecule has 8 heteroatoms. The van der Waals surface area contributed by atoms with Gasteiger partial charge in [-0.1, -0.05) is 55.1 Å². The van der Waals surface area contributed by atoms with Crippen LogP contribution in [0.4, 0.5) is 5.69 Å². The Balaban J connectivity index is 0.00000281. The average molecular weight is 714 g/mol. The van der Waals surface area contributed by atoms with Crippen molar-refractivity contribution in [3.63, 3.8) is 0 Å². The molecule has 2 heterocycles. The highest BCUT2D eigenvalue weighted by atomic mass is 35.5. The zero-order valence-electron chi connectivity index (χ0n) is 30.1. The third kappa shape index (κ3) is 7.78. The van der Waals surface area contributed by atoms with E-state index >= 15 is 0 Å². The van der Waals surface area contributed by atoms with Crippen molar-refractivity contribution in [3.05, 3.63) is 114 Å². The molecular formula is C42H50Cl2N4O2. The molecule has 0 atom stereocenters. The third-order valence-corrected chi connectivity index (χ3v) is 10.3. The molecule has 1 fully saturated rings. The smallest absolute Gasteiger partial charge is 0.254 e. The van der Waals surface area contributed by atoms with Crippen LogP contribution in [0.25, 0.3) is 39.5 Å². The fourth-order valence-electron chi connectivity index (χ4n) is 7.30. The Labute approximate surface area is 310 Å². The van der Waals surface area contributed by atoms with Gasteiger partial charge in [-0.05, 0) is 63.1 Å². The van der Waals surface area contributed by atoms with E-state index in [0.717, 1.165) is 119 Å². The predicted octanol–water partition coefficient (Wildman–Crippen LogP) is 1.62. The number of amides is 1. The minimum Gasteiger partial charge on any atom is -1.00 e. The summed E-state index contributed by atoms with van der Waals surface area (Å²) < 4.78 is 9.96. The largest absolute Gasteiger partial charge is 1.00 e. The Bertz CT molecular complexity index is 1970. The minimum atomic E-state index is 0.